The van der Waals surface area contributed by atoms with Crippen LogP contribution in [0.3, 0.4) is 0 Å². The second-order valence-corrected chi connectivity index (χ2v) is 31.9. The molecule has 0 bridgehead atoms. The van der Waals surface area contributed by atoms with Gasteiger partial charge in [-0.25, -0.2) is 27.2 Å². The molecule has 1 saturated heterocycles. The van der Waals surface area contributed by atoms with Gasteiger partial charge < -0.3 is 79.2 Å². The first kappa shape index (κ1) is 118. The second-order valence-electron chi connectivity index (χ2n) is 30.8. The number of aromatic amines is 1. The van der Waals surface area contributed by atoms with Crippen molar-refractivity contribution in [2.24, 2.45) is 21.1 Å². The number of pyridine rings is 4. The van der Waals surface area contributed by atoms with E-state index in [1.54, 1.807) is 22.6 Å². The Kier molecular flexibility index (Phi) is 43.4. The fourth-order valence-electron chi connectivity index (χ4n) is 13.0. The van der Waals surface area contributed by atoms with E-state index in [4.69, 9.17) is 34.4 Å². The summed E-state index contributed by atoms with van der Waals surface area (Å²) in [7, 11) is 4.51. The summed E-state index contributed by atoms with van der Waals surface area (Å²) in [4.78, 5) is 108. The Balaban J connectivity index is 0.000000609. The molecule has 0 unspecified atom stereocenters. The normalized spacial score (nSPS) is 14.3. The molecular weight excluding hydrogens is 1940 g/mol. The Bertz CT molecular complexity index is 5690. The van der Waals surface area contributed by atoms with E-state index in [0.29, 0.717) is 42.5 Å². The van der Waals surface area contributed by atoms with Crippen molar-refractivity contribution in [3.05, 3.63) is 243 Å². The summed E-state index contributed by atoms with van der Waals surface area (Å²) < 4.78 is 294. The third-order valence-electron chi connectivity index (χ3n) is 21.0. The molecular formula is C86H97BF20ILiN8O17. The number of carbonyl (C=O) groups is 5. The minimum absolute atomic E-state index is 0. The van der Waals surface area contributed by atoms with Gasteiger partial charge in [0, 0.05) is 94.4 Å². The van der Waals surface area contributed by atoms with E-state index < -0.39 is 177 Å². The maximum atomic E-state index is 14.9. The molecule has 3 aliphatic rings. The number of halogens is 21. The number of aryl methyl sites for hydroxylation is 5. The zero-order valence-electron chi connectivity index (χ0n) is 76.3. The van der Waals surface area contributed by atoms with Gasteiger partial charge in [-0.1, -0.05) is 38.1 Å². The number of ether oxygens (including phenoxy) is 4. The summed E-state index contributed by atoms with van der Waals surface area (Å²) in [5, 5.41) is 10.7. The van der Waals surface area contributed by atoms with Crippen LogP contribution in [-0.2, 0) is 128 Å². The predicted molar refractivity (Wildman–Crippen MR) is 456 cm³/mol. The van der Waals surface area contributed by atoms with Crippen LogP contribution in [-0.4, -0.2) is 130 Å². The van der Waals surface area contributed by atoms with Crippen molar-refractivity contribution in [3.63, 3.8) is 0 Å². The molecule has 4 atom stereocenters. The molecule has 2 amide bonds. The fourth-order valence-corrected chi connectivity index (χ4v) is 13.7. The first-order chi connectivity index (χ1) is 60.9. The minimum atomic E-state index is -4.69. The van der Waals surface area contributed by atoms with Crippen LogP contribution < -0.4 is 67.8 Å². The molecule has 8 aromatic rings. The Labute approximate surface area is 781 Å². The maximum Gasteiger partial charge on any atom is 1.00 e. The standard InChI is InChI=1S/C31H32F5N3O5.C29H37BF2N2O6.C8H7F3INO.C8H8F3NO.C7H6F3NO.C2HF3O.CH3F.Li.2H2O/c1-6-15(2)37-18-10-23(32)27(24(33)11-18)28(40)38-25(30(42)43-5)9-17-7-8-19(21-14-44-13-20(17)21)26-16(3)22(31(34,35)36)12-39(4)29(26)41;1-8-16(2)33-18-12-22(31)25(23(32)13-18)26(35)34-24(27(36)37-7)11-17-9-10-21(20-15-38-14-19(17)20)30-39-28(3,4)29(5,6)40-30;1-4-5(8(9,10)11)3-13(2)7(14)6(4)12;1-5-3-7(13)12(2)4-6(5)8(9,10)11;1-4-2-6(12)11-3-5(4)7(8,9)10;3-2(4,5)1-6;1-2;;;/h7-8,10-12,15,25,37H,6,9,13-14H2,1-5H3,(H,38,40);9-10,12-13,16,24,33H,8,11,14-15H2,1-7H3,(H,34,35);3H,1-2H3;3-4H,1-2H3;2-3H,1H3,(H,11,12);1H;1H3;;2*1H2/q;;;;;;;+1;;/p-1/t15-,25-;16-,24-;;;;;;;;/m00......../s1/i;;;;;;1D;;;. The molecule has 4 aromatic heterocycles. The molecule has 0 radical (unpaired) electrons. The van der Waals surface area contributed by atoms with E-state index in [9.17, 15) is 126 Å². The molecule has 0 aliphatic carbocycles. The first-order valence-corrected chi connectivity index (χ1v) is 40.2. The number of hydrogen-bond acceptors (Lipinski definition) is 18. The number of carbonyl (C=O) groups excluding carboxylic acids is 5. The summed E-state index contributed by atoms with van der Waals surface area (Å²) in [5.74, 6) is -8.20. The van der Waals surface area contributed by atoms with Gasteiger partial charge in [-0.05, 0) is 196 Å². The van der Waals surface area contributed by atoms with Crippen LogP contribution in [0.4, 0.5) is 99.2 Å². The molecule has 25 nitrogen and oxygen atoms in total. The SMILES string of the molecule is CC[C@H](C)Nc1cc(F)c(C(=O)N[C@@H](Cc2ccc(-c3c(C)c(C(F)(F)F)cn(C)c3=O)c3c2COC3)C(=O)OC)c(F)c1.CC[C@H](C)Nc1cc(F)c(C(=O)N[C@@H](Cc2ccc(B3OC(C)(C)C(C)(C)O3)c3c2COC3)C(=O)OC)c(F)c1.Cc1c(C(F)(F)F)cn(C)c(=O)c1I.Cc1cc(=O)[nH]cc1C(F)(F)F.Cc1cc(=O)n(C)cc1C(F)(F)F.O.O=CC(F)(F)F.[2H]CF.[Li+].[OH-]. The van der Waals surface area contributed by atoms with Gasteiger partial charge in [-0.2, -0.15) is 65.9 Å². The van der Waals surface area contributed by atoms with Crippen molar-refractivity contribution in [3.8, 4) is 11.1 Å². The van der Waals surface area contributed by atoms with Crippen LogP contribution in [0.5, 0.6) is 0 Å². The van der Waals surface area contributed by atoms with Crippen molar-refractivity contribution < 1.29 is 171 Å². The Morgan fingerprint density at radius 1 is 0.567 bits per heavy atom. The number of rotatable bonds is 18. The van der Waals surface area contributed by atoms with E-state index in [2.05, 4.69) is 21.3 Å². The van der Waals surface area contributed by atoms with Gasteiger partial charge in [0.1, 0.15) is 46.5 Å². The van der Waals surface area contributed by atoms with Crippen LogP contribution in [0.1, 0.15) is 168 Å². The van der Waals surface area contributed by atoms with E-state index in [1.165, 1.54) is 68.1 Å². The number of benzene rings is 4. The molecule has 0 spiro atoms. The summed E-state index contributed by atoms with van der Waals surface area (Å²) in [5.41, 5.74) is -3.09. The number of fused-ring (bicyclic) bond motifs is 2. The molecule has 7 heterocycles. The summed E-state index contributed by atoms with van der Waals surface area (Å²) in [6.45, 7) is 21.1. The molecule has 0 saturated carbocycles. The molecule has 11 rings (SSSR count). The van der Waals surface area contributed by atoms with Gasteiger partial charge in [0.05, 0.1) is 91.8 Å². The quantitative estimate of drug-likeness (QED) is 0.0175. The molecule has 48 heteroatoms. The Morgan fingerprint density at radius 3 is 1.31 bits per heavy atom. The smallest absolute Gasteiger partial charge is 0.870 e. The average Bonchev–Trinajstić information content (AvgIpc) is 1.70. The van der Waals surface area contributed by atoms with E-state index in [0.717, 1.165) is 104 Å². The summed E-state index contributed by atoms with van der Waals surface area (Å²) >= 11 is 1.63. The van der Waals surface area contributed by atoms with Gasteiger partial charge in [-0.3, -0.25) is 38.0 Å². The zero-order chi connectivity index (χ0) is 100. The topological polar surface area (TPSA) is 349 Å². The number of esters is 2. The molecule has 3 aliphatic heterocycles. The number of anilines is 2. The van der Waals surface area contributed by atoms with Crippen molar-refractivity contribution in [1.82, 2.24) is 29.3 Å². The van der Waals surface area contributed by atoms with Gasteiger partial charge in [-0.15, -0.1) is 0 Å². The molecule has 1 fully saturated rings. The largest absolute Gasteiger partial charge is 1.00 e. The number of aromatic nitrogens is 4. The molecule has 734 valence electrons. The molecule has 8 N–H and O–H groups in total. The predicted octanol–water partition coefficient (Wildman–Crippen LogP) is 12.5. The summed E-state index contributed by atoms with van der Waals surface area (Å²) in [6.07, 6.45) is -19.3. The number of amides is 2. The van der Waals surface area contributed by atoms with Crippen molar-refractivity contribution in [1.29, 1.82) is 0 Å². The van der Waals surface area contributed by atoms with Gasteiger partial charge in [0.15, 0.2) is 0 Å². The number of nitrogens with zero attached hydrogens (tertiary/aromatic N) is 3. The van der Waals surface area contributed by atoms with Gasteiger partial charge >= 0.3 is 68.8 Å². The molecule has 134 heavy (non-hydrogen) atoms. The summed E-state index contributed by atoms with van der Waals surface area (Å²) in [6, 6.07) is 10.0. The number of H-pyrrole nitrogens is 1. The number of methoxy groups -OCH3 is 2. The fraction of sp³-hybridized carbons (Fsp3) is 0.430. The average molecular weight is 2040 g/mol. The first-order valence-electron chi connectivity index (χ1n) is 39.8. The van der Waals surface area contributed by atoms with Crippen LogP contribution in [0, 0.1) is 54.5 Å². The van der Waals surface area contributed by atoms with Crippen molar-refractivity contribution in [2.75, 3.05) is 32.0 Å². The zero-order valence-corrected chi connectivity index (χ0v) is 77.4. The third-order valence-corrected chi connectivity index (χ3v) is 22.3. The minimum Gasteiger partial charge on any atom is -0.870 e. The number of nitrogens with one attached hydrogen (secondary N) is 5. The van der Waals surface area contributed by atoms with E-state index >= 15 is 0 Å². The van der Waals surface area contributed by atoms with Crippen LogP contribution in [0.25, 0.3) is 11.1 Å². The van der Waals surface area contributed by atoms with E-state index in [1.807, 2.05) is 72.5 Å². The second kappa shape index (κ2) is 49.4. The molecule has 4 aromatic carbocycles. The Morgan fingerprint density at radius 2 is 0.925 bits per heavy atom. The van der Waals surface area contributed by atoms with Crippen LogP contribution in [0.15, 0.2) is 105 Å². The maximum absolute atomic E-state index is 14.9. The van der Waals surface area contributed by atoms with Gasteiger partial charge in [0.25, 0.3) is 28.5 Å². The number of aldehydes is 1. The van der Waals surface area contributed by atoms with Crippen LogP contribution in [0.2, 0.25) is 0 Å². The van der Waals surface area contributed by atoms with Crippen LogP contribution >= 0.6 is 22.6 Å². The number of alkyl halides is 16. The van der Waals surface area contributed by atoms with Crippen molar-refractivity contribution in [2.45, 2.75) is 201 Å². The monoisotopic (exact) mass is 2040 g/mol. The third kappa shape index (κ3) is 31.1. The van der Waals surface area contributed by atoms with Crippen molar-refractivity contribution >= 4 is 76.6 Å². The van der Waals surface area contributed by atoms with E-state index in [-0.39, 0.29) is 116 Å². The Hall–Kier alpha value is -10.4. The number of hydrogen-bond donors (Lipinski definition) is 5. The van der Waals surface area contributed by atoms with Gasteiger partial charge in [0.2, 0.25) is 11.8 Å².